The number of nitrogens with zero attached hydrogens (tertiary/aromatic N) is 1. The summed E-state index contributed by atoms with van der Waals surface area (Å²) in [6.45, 7) is 2.51. The maximum Gasteiger partial charge on any atom is 0.319 e. The molecule has 4 amide bonds. The van der Waals surface area contributed by atoms with Crippen molar-refractivity contribution in [2.24, 2.45) is 5.10 Å². The molecule has 3 aromatic carbocycles. The smallest absolute Gasteiger partial charge is 0.319 e. The zero-order chi connectivity index (χ0) is 32.3. The number of ketones is 1. The van der Waals surface area contributed by atoms with Gasteiger partial charge in [0.05, 0.1) is 26.5 Å². The first-order valence-electron chi connectivity index (χ1n) is 13.8. The number of methoxy groups -OCH3 is 2. The maximum atomic E-state index is 12.4. The van der Waals surface area contributed by atoms with Crippen LogP contribution in [-0.4, -0.2) is 57.3 Å². The number of carbonyl (C=O) groups excluding carboxylic acids is 4. The highest BCUT2D eigenvalue weighted by atomic mass is 16.5. The largest absolute Gasteiger partial charge is 0.493 e. The third kappa shape index (κ3) is 8.60. The minimum absolute atomic E-state index is 0.187. The molecule has 0 spiro atoms. The molecule has 0 aromatic heterocycles. The van der Waals surface area contributed by atoms with Crippen molar-refractivity contribution < 1.29 is 38.1 Å². The minimum Gasteiger partial charge on any atom is -0.493 e. The number of Topliss-reactive ketones (excluding diaryl/α,β-unsaturated/α-hetero) is 1. The average Bonchev–Trinajstić information content (AvgIpc) is 3.02. The molecule has 4 rings (SSSR count). The fraction of sp³-hybridized carbons (Fsp3) is 0.219. The molecule has 13 heteroatoms. The fourth-order valence-electron chi connectivity index (χ4n) is 4.49. The number of para-hydroxylation sites is 1. The van der Waals surface area contributed by atoms with Crippen LogP contribution in [0.2, 0.25) is 0 Å². The Hall–Kier alpha value is -5.85. The number of benzene rings is 3. The summed E-state index contributed by atoms with van der Waals surface area (Å²) in [5, 5.41) is 12.0. The van der Waals surface area contributed by atoms with Gasteiger partial charge < -0.3 is 34.9 Å². The Balaban J connectivity index is 1.31. The van der Waals surface area contributed by atoms with Gasteiger partial charge in [0.15, 0.2) is 42.0 Å². The number of carbonyl (C=O) groups is 4. The Kier molecular flexibility index (Phi) is 10.7. The summed E-state index contributed by atoms with van der Waals surface area (Å²) in [6.07, 6.45) is 1.41. The van der Waals surface area contributed by atoms with Crippen LogP contribution in [0.1, 0.15) is 31.0 Å². The van der Waals surface area contributed by atoms with Gasteiger partial charge in [-0.2, -0.15) is 5.10 Å². The lowest BCUT2D eigenvalue weighted by atomic mass is 9.93. The molecule has 1 heterocycles. The molecule has 0 saturated heterocycles. The number of amides is 4. The van der Waals surface area contributed by atoms with Gasteiger partial charge in [0, 0.05) is 17.0 Å². The van der Waals surface area contributed by atoms with Crippen molar-refractivity contribution in [2.45, 2.75) is 19.9 Å². The van der Waals surface area contributed by atoms with E-state index in [4.69, 9.17) is 18.9 Å². The molecule has 4 N–H and O–H groups in total. The van der Waals surface area contributed by atoms with E-state index in [2.05, 4.69) is 26.5 Å². The summed E-state index contributed by atoms with van der Waals surface area (Å²) in [5.74, 6) is 0.289. The van der Waals surface area contributed by atoms with Crippen LogP contribution in [0.15, 0.2) is 83.1 Å². The Morgan fingerprint density at radius 1 is 0.867 bits per heavy atom. The number of nitrogens with one attached hydrogen (secondary N) is 4. The number of hydrogen-bond acceptors (Lipinski definition) is 9. The zero-order valence-electron chi connectivity index (χ0n) is 25.1. The van der Waals surface area contributed by atoms with Crippen LogP contribution in [0.25, 0.3) is 0 Å². The van der Waals surface area contributed by atoms with Gasteiger partial charge in [0.25, 0.3) is 11.8 Å². The first-order valence-corrected chi connectivity index (χ1v) is 13.8. The fourth-order valence-corrected chi connectivity index (χ4v) is 4.49. The van der Waals surface area contributed by atoms with Crippen LogP contribution in [0.4, 0.5) is 10.5 Å². The highest BCUT2D eigenvalue weighted by Gasteiger charge is 2.29. The molecule has 3 aromatic rings. The molecule has 1 atom stereocenters. The van der Waals surface area contributed by atoms with E-state index in [1.165, 1.54) is 27.4 Å². The van der Waals surface area contributed by atoms with E-state index in [0.717, 1.165) is 0 Å². The second-order valence-corrected chi connectivity index (χ2v) is 9.73. The van der Waals surface area contributed by atoms with Crippen molar-refractivity contribution in [3.63, 3.8) is 0 Å². The average molecular weight is 616 g/mol. The number of hydrogen-bond donors (Lipinski definition) is 4. The standard InChI is InChI=1S/C32H33N5O8/c1-19-30(20(2)38)31(36-32(41)34-19)22-11-13-25(27(15-22)43-4)45-18-29(40)37-33-16-21-10-12-24(26(14-21)42-3)44-17-28(39)35-23-8-6-5-7-9-23/h5-16,31H,17-18H2,1-4H3,(H,35,39)(H,37,40)(H2,34,36,41). The van der Waals surface area contributed by atoms with Gasteiger partial charge in [-0.3, -0.25) is 14.4 Å². The number of urea groups is 1. The Labute approximate surface area is 259 Å². The van der Waals surface area contributed by atoms with E-state index in [9.17, 15) is 19.2 Å². The van der Waals surface area contributed by atoms with Gasteiger partial charge in [-0.1, -0.05) is 24.3 Å². The van der Waals surface area contributed by atoms with Crippen molar-refractivity contribution in [3.8, 4) is 23.0 Å². The van der Waals surface area contributed by atoms with Crippen LogP contribution in [0.5, 0.6) is 23.0 Å². The molecule has 0 radical (unpaired) electrons. The van der Waals surface area contributed by atoms with E-state index >= 15 is 0 Å². The number of anilines is 1. The molecule has 45 heavy (non-hydrogen) atoms. The second-order valence-electron chi connectivity index (χ2n) is 9.73. The van der Waals surface area contributed by atoms with E-state index in [-0.39, 0.29) is 30.7 Å². The van der Waals surface area contributed by atoms with Gasteiger partial charge in [-0.05, 0) is 67.4 Å². The van der Waals surface area contributed by atoms with Crippen molar-refractivity contribution in [2.75, 3.05) is 32.8 Å². The molecule has 1 unspecified atom stereocenters. The topological polar surface area (TPSA) is 166 Å². The van der Waals surface area contributed by atoms with Crippen LogP contribution < -0.4 is 40.3 Å². The molecule has 1 aliphatic rings. The van der Waals surface area contributed by atoms with Crippen molar-refractivity contribution in [3.05, 3.63) is 89.1 Å². The lowest BCUT2D eigenvalue weighted by Gasteiger charge is -2.28. The van der Waals surface area contributed by atoms with Gasteiger partial charge in [-0.25, -0.2) is 10.2 Å². The normalized spacial score (nSPS) is 14.2. The Morgan fingerprint density at radius 3 is 2.18 bits per heavy atom. The van der Waals surface area contributed by atoms with Crippen LogP contribution in [0, 0.1) is 0 Å². The van der Waals surface area contributed by atoms with Gasteiger partial charge in [0.2, 0.25) is 0 Å². The molecule has 0 fully saturated rings. The van der Waals surface area contributed by atoms with E-state index in [1.807, 2.05) is 18.2 Å². The number of allylic oxidation sites excluding steroid dienone is 1. The highest BCUT2D eigenvalue weighted by molar-refractivity contribution is 5.98. The molecule has 0 bridgehead atoms. The van der Waals surface area contributed by atoms with Crippen LogP contribution in [0.3, 0.4) is 0 Å². The number of rotatable bonds is 13. The van der Waals surface area contributed by atoms with Crippen molar-refractivity contribution >= 4 is 35.5 Å². The molecular formula is C32H33N5O8. The quantitative estimate of drug-likeness (QED) is 0.168. The van der Waals surface area contributed by atoms with Gasteiger partial charge in [-0.15, -0.1) is 0 Å². The van der Waals surface area contributed by atoms with Gasteiger partial charge >= 0.3 is 6.03 Å². The summed E-state index contributed by atoms with van der Waals surface area (Å²) >= 11 is 0. The summed E-state index contributed by atoms with van der Waals surface area (Å²) in [4.78, 5) is 48.9. The Morgan fingerprint density at radius 2 is 1.51 bits per heavy atom. The molecule has 1 aliphatic heterocycles. The summed E-state index contributed by atoms with van der Waals surface area (Å²) < 4.78 is 22.0. The van der Waals surface area contributed by atoms with E-state index < -0.39 is 18.0 Å². The SMILES string of the molecule is COc1cc(C2NC(=O)NC(C)=C2C(C)=O)ccc1OCC(=O)NN=Cc1ccc(OCC(=O)Nc2ccccc2)c(OC)c1. The zero-order valence-corrected chi connectivity index (χ0v) is 25.1. The first kappa shape index (κ1) is 32.1. The second kappa shape index (κ2) is 15.0. The van der Waals surface area contributed by atoms with E-state index in [0.29, 0.717) is 45.3 Å². The van der Waals surface area contributed by atoms with Crippen LogP contribution in [-0.2, 0) is 14.4 Å². The third-order valence-electron chi connectivity index (χ3n) is 6.54. The predicted octanol–water partition coefficient (Wildman–Crippen LogP) is 3.47. The molecule has 0 aliphatic carbocycles. The molecule has 234 valence electrons. The third-order valence-corrected chi connectivity index (χ3v) is 6.54. The predicted molar refractivity (Wildman–Crippen MR) is 166 cm³/mol. The lowest BCUT2D eigenvalue weighted by molar-refractivity contribution is -0.123. The van der Waals surface area contributed by atoms with Crippen LogP contribution >= 0.6 is 0 Å². The van der Waals surface area contributed by atoms with Gasteiger partial charge in [0.1, 0.15) is 0 Å². The monoisotopic (exact) mass is 615 g/mol. The van der Waals surface area contributed by atoms with Crippen molar-refractivity contribution in [1.82, 2.24) is 16.1 Å². The summed E-state index contributed by atoms with van der Waals surface area (Å²) in [5.41, 5.74) is 5.15. The summed E-state index contributed by atoms with van der Waals surface area (Å²) in [7, 11) is 2.91. The molecular weight excluding hydrogens is 582 g/mol. The molecule has 13 nitrogen and oxygen atoms in total. The lowest BCUT2D eigenvalue weighted by Crippen LogP contribution is -2.44. The summed E-state index contributed by atoms with van der Waals surface area (Å²) in [6, 6.07) is 17.8. The van der Waals surface area contributed by atoms with E-state index in [1.54, 1.807) is 55.5 Å². The molecule has 0 saturated carbocycles. The Bertz CT molecular complexity index is 1640. The number of hydrazone groups is 1. The maximum absolute atomic E-state index is 12.4. The minimum atomic E-state index is -0.671. The number of ether oxygens (including phenoxy) is 4. The first-order chi connectivity index (χ1) is 21.7. The highest BCUT2D eigenvalue weighted by Crippen LogP contribution is 2.34. The van der Waals surface area contributed by atoms with Crippen molar-refractivity contribution in [1.29, 1.82) is 0 Å².